The molecule has 10 heteroatoms. The van der Waals surface area contributed by atoms with Crippen molar-refractivity contribution >= 4 is 5.97 Å². The predicted octanol–water partition coefficient (Wildman–Crippen LogP) is 10.6. The van der Waals surface area contributed by atoms with E-state index in [2.05, 4.69) is 19.1 Å². The summed E-state index contributed by atoms with van der Waals surface area (Å²) in [7, 11) is 0. The van der Waals surface area contributed by atoms with Crippen LogP contribution in [-0.2, 0) is 44.4 Å². The zero-order chi connectivity index (χ0) is 43.8. The fourth-order valence-corrected chi connectivity index (χ4v) is 14.5. The molecular weight excluding hydrogens is 809 g/mol. The topological polar surface area (TPSA) is 111 Å². The number of hydrogen-bond acceptors (Lipinski definition) is 10. The summed E-state index contributed by atoms with van der Waals surface area (Å²) in [6.07, 6.45) is 22.9. The first-order valence-corrected chi connectivity index (χ1v) is 25.8. The minimum absolute atomic E-state index is 0.0707. The number of esters is 1. The molecule has 8 aliphatic carbocycles. The summed E-state index contributed by atoms with van der Waals surface area (Å²) in [5, 5.41) is 10.8. The average molecular weight is 885 g/mol. The van der Waals surface area contributed by atoms with E-state index < -0.39 is 36.2 Å². The highest BCUT2D eigenvalue weighted by Crippen LogP contribution is 2.62. The van der Waals surface area contributed by atoms with E-state index in [-0.39, 0.29) is 29.4 Å². The van der Waals surface area contributed by atoms with E-state index in [1.807, 2.05) is 55.5 Å². The molecule has 3 saturated heterocycles. The Morgan fingerprint density at radius 1 is 0.734 bits per heavy atom. The molecular formula is C54H76O10. The van der Waals surface area contributed by atoms with Gasteiger partial charge in [0, 0.05) is 25.7 Å². The van der Waals surface area contributed by atoms with Crippen LogP contribution in [0, 0.1) is 35.0 Å². The lowest BCUT2D eigenvalue weighted by molar-refractivity contribution is -0.259. The molecule has 2 spiro atoms. The van der Waals surface area contributed by atoms with Crippen molar-refractivity contribution in [3.8, 4) is 5.75 Å². The maximum atomic E-state index is 13.3. The molecule has 2 unspecified atom stereocenters. The number of benzene rings is 2. The first-order chi connectivity index (χ1) is 31.1. The van der Waals surface area contributed by atoms with E-state index in [9.17, 15) is 9.90 Å². The monoisotopic (exact) mass is 885 g/mol. The molecule has 6 bridgehead atoms. The molecule has 0 radical (unpaired) electrons. The Morgan fingerprint density at radius 2 is 1.38 bits per heavy atom. The fraction of sp³-hybridized carbons (Fsp3) is 0.759. The lowest BCUT2D eigenvalue weighted by Crippen LogP contribution is -2.53. The van der Waals surface area contributed by atoms with Gasteiger partial charge in [0.2, 0.25) is 0 Å². The normalized spacial score (nSPS) is 39.7. The van der Waals surface area contributed by atoms with Crippen molar-refractivity contribution in [3.63, 3.8) is 0 Å². The van der Waals surface area contributed by atoms with Crippen molar-refractivity contribution in [2.24, 2.45) is 35.0 Å². The van der Waals surface area contributed by atoms with Crippen LogP contribution < -0.4 is 4.74 Å². The first kappa shape index (κ1) is 45.2. The van der Waals surface area contributed by atoms with Gasteiger partial charge in [-0.05, 0) is 157 Å². The lowest BCUT2D eigenvalue weighted by atomic mass is 9.49. The molecule has 0 aromatic heterocycles. The van der Waals surface area contributed by atoms with Crippen molar-refractivity contribution in [1.29, 1.82) is 0 Å². The molecule has 11 aliphatic rings. The number of ether oxygens (including phenoxy) is 8. The summed E-state index contributed by atoms with van der Waals surface area (Å²) in [5.74, 6) is 4.08. The van der Waals surface area contributed by atoms with E-state index in [1.54, 1.807) is 0 Å². The number of rotatable bonds is 10. The zero-order valence-electron chi connectivity index (χ0n) is 38.7. The van der Waals surface area contributed by atoms with Crippen molar-refractivity contribution in [3.05, 3.63) is 66.2 Å². The Balaban J connectivity index is 0.000000115. The molecule has 13 rings (SSSR count). The van der Waals surface area contributed by atoms with Gasteiger partial charge >= 0.3 is 5.97 Å². The highest BCUT2D eigenvalue weighted by molar-refractivity contribution is 5.78. The Labute approximate surface area is 382 Å². The highest BCUT2D eigenvalue weighted by Gasteiger charge is 2.62. The molecule has 64 heavy (non-hydrogen) atoms. The summed E-state index contributed by atoms with van der Waals surface area (Å²) < 4.78 is 48.2. The molecule has 2 aromatic carbocycles. The van der Waals surface area contributed by atoms with E-state index in [0.717, 1.165) is 119 Å². The lowest BCUT2D eigenvalue weighted by Gasteiger charge is -2.56. The largest absolute Gasteiger partial charge is 0.465 e. The molecule has 8 saturated carbocycles. The van der Waals surface area contributed by atoms with Crippen LogP contribution in [0.25, 0.3) is 0 Å². The van der Waals surface area contributed by atoms with E-state index in [1.165, 1.54) is 56.9 Å². The SMILES string of the molecule is CC(OCCc1ccccc1)Oc1ccccc1.CC[C@@]1(OC(=O)C23CC4CC(CC(C4)C2)C3)C[C@H]2CC[C@@H]1C2.O[C@@H]1[C@H]2OC3(CCCCC3)O[C@H]2O[C@@H]1C1COC2(CCCCC2)O1. The van der Waals surface area contributed by atoms with Crippen LogP contribution in [0.2, 0.25) is 0 Å². The second-order valence-electron chi connectivity index (χ2n) is 21.8. The third-order valence-corrected chi connectivity index (χ3v) is 17.3. The van der Waals surface area contributed by atoms with Gasteiger partial charge in [-0.25, -0.2) is 0 Å². The smallest absolute Gasteiger partial charge is 0.312 e. The minimum Gasteiger partial charge on any atom is -0.465 e. The molecule has 10 nitrogen and oxygen atoms in total. The van der Waals surface area contributed by atoms with E-state index in [4.69, 9.17) is 37.9 Å². The van der Waals surface area contributed by atoms with Gasteiger partial charge < -0.3 is 43.0 Å². The summed E-state index contributed by atoms with van der Waals surface area (Å²) in [5.41, 5.74) is 1.13. The molecule has 3 heterocycles. The van der Waals surface area contributed by atoms with Gasteiger partial charge in [0.1, 0.15) is 35.8 Å². The van der Waals surface area contributed by atoms with Crippen LogP contribution in [-0.4, -0.2) is 78.5 Å². The number of fused-ring (bicyclic) bond motifs is 3. The van der Waals surface area contributed by atoms with Gasteiger partial charge in [-0.15, -0.1) is 0 Å². The van der Waals surface area contributed by atoms with Gasteiger partial charge in [-0.2, -0.15) is 0 Å². The van der Waals surface area contributed by atoms with Crippen LogP contribution >= 0.6 is 0 Å². The van der Waals surface area contributed by atoms with Crippen molar-refractivity contribution in [2.75, 3.05) is 13.2 Å². The molecule has 3 aliphatic heterocycles. The first-order valence-electron chi connectivity index (χ1n) is 25.8. The van der Waals surface area contributed by atoms with Gasteiger partial charge in [0.25, 0.3) is 0 Å². The molecule has 1 N–H and O–H groups in total. The van der Waals surface area contributed by atoms with Crippen LogP contribution in [0.5, 0.6) is 5.75 Å². The standard InChI is InChI=1S/C20H30O2.C18H28O6.C16H18O2/c1-2-20(12-13-3-4-17(20)8-13)22-18(21)19-9-14-5-15(10-19)7-16(6-14)11-19;19-13-14(12-11-20-17(22-12)7-3-1-4-8-17)21-16-15(13)23-18(24-16)9-5-2-6-10-18;1-14(18-16-10-6-3-7-11-16)17-13-12-15-8-4-2-5-9-15/h13-17H,2-12H2,1H3;12-16,19H,1-11H2;2-11,14H,12-13H2,1H3/t13-,14?,15?,16?,17+,19?,20+;12?,13-,14+,15+,16+;/m00./s1. The Hall–Kier alpha value is -2.57. The van der Waals surface area contributed by atoms with E-state index >= 15 is 0 Å². The van der Waals surface area contributed by atoms with Crippen molar-refractivity contribution in [1.82, 2.24) is 0 Å². The number of carbonyl (C=O) groups excluding carboxylic acids is 1. The Morgan fingerprint density at radius 3 is 1.97 bits per heavy atom. The van der Waals surface area contributed by atoms with Crippen LogP contribution in [0.4, 0.5) is 0 Å². The van der Waals surface area contributed by atoms with Gasteiger partial charge in [0.15, 0.2) is 24.2 Å². The Kier molecular flexibility index (Phi) is 13.6. The maximum absolute atomic E-state index is 13.3. The van der Waals surface area contributed by atoms with Gasteiger partial charge in [-0.1, -0.05) is 68.3 Å². The van der Waals surface area contributed by atoms with Gasteiger partial charge in [-0.3, -0.25) is 4.79 Å². The molecule has 2 aromatic rings. The number of para-hydroxylation sites is 1. The fourth-order valence-electron chi connectivity index (χ4n) is 14.5. The second-order valence-corrected chi connectivity index (χ2v) is 21.8. The van der Waals surface area contributed by atoms with Crippen molar-refractivity contribution in [2.45, 2.75) is 209 Å². The maximum Gasteiger partial charge on any atom is 0.312 e. The number of aliphatic hydroxyl groups excluding tert-OH is 1. The summed E-state index contributed by atoms with van der Waals surface area (Å²) in [4.78, 5) is 13.3. The molecule has 352 valence electrons. The molecule has 9 atom stereocenters. The Bertz CT molecular complexity index is 1790. The molecule has 11 fully saturated rings. The number of aliphatic hydroxyl groups is 1. The number of hydrogen-bond donors (Lipinski definition) is 1. The second kappa shape index (κ2) is 19.2. The molecule has 0 amide bonds. The minimum atomic E-state index is -0.719. The van der Waals surface area contributed by atoms with Crippen LogP contribution in [0.3, 0.4) is 0 Å². The highest BCUT2D eigenvalue weighted by atomic mass is 16.8. The zero-order valence-corrected chi connectivity index (χ0v) is 38.7. The summed E-state index contributed by atoms with van der Waals surface area (Å²) in [6.45, 7) is 5.30. The quantitative estimate of drug-likeness (QED) is 0.183. The van der Waals surface area contributed by atoms with Gasteiger partial charge in [0.05, 0.1) is 18.6 Å². The van der Waals surface area contributed by atoms with Crippen molar-refractivity contribution < 1.29 is 47.8 Å². The van der Waals surface area contributed by atoms with E-state index in [0.29, 0.717) is 19.1 Å². The van der Waals surface area contributed by atoms with Crippen LogP contribution in [0.1, 0.15) is 154 Å². The summed E-state index contributed by atoms with van der Waals surface area (Å²) >= 11 is 0. The number of carbonyl (C=O) groups is 1. The third-order valence-electron chi connectivity index (χ3n) is 17.3. The summed E-state index contributed by atoms with van der Waals surface area (Å²) in [6, 6.07) is 20.0. The third kappa shape index (κ3) is 9.59. The average Bonchev–Trinajstić information content (AvgIpc) is 4.14. The predicted molar refractivity (Wildman–Crippen MR) is 241 cm³/mol. The van der Waals surface area contributed by atoms with Crippen LogP contribution in [0.15, 0.2) is 60.7 Å².